The molecular weight excluding hydrogens is 574 g/mol. The zero-order valence-electron chi connectivity index (χ0n) is 25.1. The molecule has 0 N–H and O–H groups in total. The number of nitrogens with zero attached hydrogens (tertiary/aromatic N) is 7. The van der Waals surface area contributed by atoms with Gasteiger partial charge >= 0.3 is 6.01 Å². The molecule has 10 heteroatoms. The molecule has 7 rings (SSSR count). The van der Waals surface area contributed by atoms with Crippen molar-refractivity contribution in [1.29, 1.82) is 0 Å². The molecule has 3 fully saturated rings. The number of benzene rings is 2. The second kappa shape index (κ2) is 11.9. The number of carbonyl (C=O) groups excluding carboxylic acids is 1. The van der Waals surface area contributed by atoms with E-state index in [9.17, 15) is 4.79 Å². The molecule has 1 aromatic heterocycles. The number of likely N-dealkylation sites (tertiary alicyclic amines) is 1. The topological polar surface area (TPSA) is 69.4 Å². The van der Waals surface area contributed by atoms with E-state index in [4.69, 9.17) is 32.9 Å². The van der Waals surface area contributed by atoms with Crippen LogP contribution >= 0.6 is 11.6 Å². The Morgan fingerprint density at radius 3 is 2.66 bits per heavy atom. The number of ether oxygens (including phenoxy) is 1. The van der Waals surface area contributed by atoms with Crippen LogP contribution in [0, 0.1) is 12.0 Å². The van der Waals surface area contributed by atoms with Gasteiger partial charge in [-0.1, -0.05) is 42.4 Å². The Labute approximate surface area is 263 Å². The predicted molar refractivity (Wildman–Crippen MR) is 173 cm³/mol. The van der Waals surface area contributed by atoms with E-state index in [1.165, 1.54) is 38.4 Å². The summed E-state index contributed by atoms with van der Waals surface area (Å²) in [4.78, 5) is 35.2. The molecule has 1 amide bonds. The molecule has 44 heavy (non-hydrogen) atoms. The first kappa shape index (κ1) is 28.9. The van der Waals surface area contributed by atoms with Crippen molar-refractivity contribution >= 4 is 39.8 Å². The summed E-state index contributed by atoms with van der Waals surface area (Å²) in [6.45, 7) is 18.6. The van der Waals surface area contributed by atoms with Gasteiger partial charge in [0.25, 0.3) is 0 Å². The highest BCUT2D eigenvalue weighted by Gasteiger charge is 2.46. The molecule has 0 radical (unpaired) electrons. The summed E-state index contributed by atoms with van der Waals surface area (Å²) in [7, 11) is 0. The number of piperazine rings is 1. The Morgan fingerprint density at radius 1 is 1.11 bits per heavy atom. The SMILES string of the molecule is [C-]#[N+]C[C@H]1CN(c2nc(OCC3(CN4CCC4)CC3)nc3c2CCN(c2cccc4cccc(Cl)c24)C3)CCN1C(=O)C=C. The van der Waals surface area contributed by atoms with Gasteiger partial charge < -0.3 is 29.2 Å². The van der Waals surface area contributed by atoms with E-state index >= 15 is 0 Å². The molecular formula is C34H38ClN7O2. The second-order valence-corrected chi connectivity index (χ2v) is 13.0. The summed E-state index contributed by atoms with van der Waals surface area (Å²) < 4.78 is 6.44. The number of carbonyl (C=O) groups is 1. The minimum atomic E-state index is -0.231. The number of amides is 1. The number of hydrogen-bond donors (Lipinski definition) is 0. The molecule has 1 aliphatic carbocycles. The van der Waals surface area contributed by atoms with Crippen LogP contribution in [0.15, 0.2) is 49.1 Å². The smallest absolute Gasteiger partial charge is 0.318 e. The van der Waals surface area contributed by atoms with Crippen LogP contribution in [0.5, 0.6) is 6.01 Å². The fraction of sp³-hybridized carbons (Fsp3) is 0.471. The maximum atomic E-state index is 12.6. The van der Waals surface area contributed by atoms with Crippen molar-refractivity contribution in [3.63, 3.8) is 0 Å². The first-order valence-electron chi connectivity index (χ1n) is 15.7. The van der Waals surface area contributed by atoms with Gasteiger partial charge in [-0.3, -0.25) is 4.79 Å². The van der Waals surface area contributed by atoms with Gasteiger partial charge in [-0.2, -0.15) is 9.97 Å². The first-order valence-corrected chi connectivity index (χ1v) is 16.0. The van der Waals surface area contributed by atoms with Gasteiger partial charge in [0.2, 0.25) is 12.5 Å². The number of aromatic nitrogens is 2. The molecule has 1 atom stereocenters. The number of halogens is 1. The fourth-order valence-corrected chi connectivity index (χ4v) is 7.21. The Balaban J connectivity index is 1.20. The van der Waals surface area contributed by atoms with E-state index in [1.807, 2.05) is 12.1 Å². The third-order valence-electron chi connectivity index (χ3n) is 9.71. The van der Waals surface area contributed by atoms with Crippen molar-refractivity contribution in [3.05, 3.63) is 76.8 Å². The molecule has 4 aliphatic rings. The third kappa shape index (κ3) is 5.57. The standard InChI is InChI=1S/C34H38ClN7O2/c1-3-30(43)42-18-17-41(20-25(42)19-36-2)32-26-11-16-40(29-10-5-8-24-7-4-9-27(35)31(24)29)21-28(26)37-33(38-32)44-23-34(12-13-34)22-39-14-6-15-39/h3-5,7-10,25H,1,6,11-23H2/t25-/m0/s1. The van der Waals surface area contributed by atoms with Gasteiger partial charge in [-0.25, -0.2) is 6.57 Å². The van der Waals surface area contributed by atoms with E-state index in [1.54, 1.807) is 4.90 Å². The molecule has 0 spiro atoms. The summed E-state index contributed by atoms with van der Waals surface area (Å²) in [5.41, 5.74) is 3.37. The van der Waals surface area contributed by atoms with Crippen molar-refractivity contribution in [2.75, 3.05) is 68.8 Å². The minimum absolute atomic E-state index is 0.131. The maximum Gasteiger partial charge on any atom is 0.318 e. The van der Waals surface area contributed by atoms with Crippen molar-refractivity contribution in [1.82, 2.24) is 19.8 Å². The number of rotatable bonds is 9. The molecule has 2 saturated heterocycles. The maximum absolute atomic E-state index is 12.6. The Bertz CT molecular complexity index is 1620. The number of fused-ring (bicyclic) bond motifs is 2. The molecule has 0 bridgehead atoms. The van der Waals surface area contributed by atoms with Crippen LogP contribution in [0.4, 0.5) is 11.5 Å². The van der Waals surface area contributed by atoms with Crippen LogP contribution in [-0.2, 0) is 17.8 Å². The second-order valence-electron chi connectivity index (χ2n) is 12.6. The van der Waals surface area contributed by atoms with Gasteiger partial charge in [-0.05, 0) is 62.4 Å². The van der Waals surface area contributed by atoms with Gasteiger partial charge in [0.1, 0.15) is 11.9 Å². The Hall–Kier alpha value is -3.87. The van der Waals surface area contributed by atoms with E-state index in [-0.39, 0.29) is 23.9 Å². The van der Waals surface area contributed by atoms with Crippen LogP contribution in [0.2, 0.25) is 5.02 Å². The van der Waals surface area contributed by atoms with Gasteiger partial charge in [0.15, 0.2) is 0 Å². The monoisotopic (exact) mass is 611 g/mol. The lowest BCUT2D eigenvalue weighted by Gasteiger charge is -2.41. The molecule has 3 aromatic rings. The first-order chi connectivity index (χ1) is 21.5. The lowest BCUT2D eigenvalue weighted by atomic mass is 10.0. The highest BCUT2D eigenvalue weighted by Crippen LogP contribution is 2.47. The predicted octanol–water partition coefficient (Wildman–Crippen LogP) is 4.83. The lowest BCUT2D eigenvalue weighted by molar-refractivity contribution is -0.128. The van der Waals surface area contributed by atoms with E-state index in [0.717, 1.165) is 58.1 Å². The fourth-order valence-electron chi connectivity index (χ4n) is 6.93. The molecule has 2 aromatic carbocycles. The van der Waals surface area contributed by atoms with Crippen LogP contribution in [-0.4, -0.2) is 90.7 Å². The van der Waals surface area contributed by atoms with E-state index in [0.29, 0.717) is 38.8 Å². The third-order valence-corrected chi connectivity index (χ3v) is 10.0. The largest absolute Gasteiger partial charge is 0.463 e. The number of hydrogen-bond acceptors (Lipinski definition) is 7. The summed E-state index contributed by atoms with van der Waals surface area (Å²) >= 11 is 6.72. The van der Waals surface area contributed by atoms with Crippen molar-refractivity contribution in [2.24, 2.45) is 5.41 Å². The normalized spacial score (nSPS) is 20.9. The van der Waals surface area contributed by atoms with Crippen LogP contribution < -0.4 is 14.5 Å². The summed E-state index contributed by atoms with van der Waals surface area (Å²) in [6.07, 6.45) is 5.74. The zero-order valence-corrected chi connectivity index (χ0v) is 25.8. The lowest BCUT2D eigenvalue weighted by Crippen LogP contribution is -2.56. The van der Waals surface area contributed by atoms with Gasteiger partial charge in [0.05, 0.1) is 23.9 Å². The molecule has 9 nitrogen and oxygen atoms in total. The number of anilines is 2. The average Bonchev–Trinajstić information content (AvgIpc) is 3.80. The van der Waals surface area contributed by atoms with Crippen molar-refractivity contribution in [2.45, 2.75) is 38.3 Å². The van der Waals surface area contributed by atoms with Gasteiger partial charge in [-0.15, -0.1) is 0 Å². The van der Waals surface area contributed by atoms with Crippen LogP contribution in [0.1, 0.15) is 30.5 Å². The van der Waals surface area contributed by atoms with Crippen molar-refractivity contribution < 1.29 is 9.53 Å². The highest BCUT2D eigenvalue weighted by atomic mass is 35.5. The van der Waals surface area contributed by atoms with E-state index in [2.05, 4.69) is 50.4 Å². The minimum Gasteiger partial charge on any atom is -0.463 e. The van der Waals surface area contributed by atoms with E-state index < -0.39 is 0 Å². The highest BCUT2D eigenvalue weighted by molar-refractivity contribution is 6.36. The molecule has 228 valence electrons. The average molecular weight is 612 g/mol. The van der Waals surface area contributed by atoms with Gasteiger partial charge in [0, 0.05) is 54.8 Å². The molecule has 0 unspecified atom stereocenters. The molecule has 3 aliphatic heterocycles. The van der Waals surface area contributed by atoms with Crippen molar-refractivity contribution in [3.8, 4) is 6.01 Å². The van der Waals surface area contributed by atoms with Crippen LogP contribution in [0.3, 0.4) is 0 Å². The molecule has 4 heterocycles. The Kier molecular flexibility index (Phi) is 7.81. The quantitative estimate of drug-likeness (QED) is 0.254. The zero-order chi connectivity index (χ0) is 30.3. The molecule has 1 saturated carbocycles. The summed E-state index contributed by atoms with van der Waals surface area (Å²) in [5.74, 6) is 0.738. The Morgan fingerprint density at radius 2 is 1.93 bits per heavy atom. The summed E-state index contributed by atoms with van der Waals surface area (Å²) in [6, 6.07) is 12.5. The summed E-state index contributed by atoms with van der Waals surface area (Å²) in [5, 5.41) is 2.91. The van der Waals surface area contributed by atoms with Crippen LogP contribution in [0.25, 0.3) is 15.6 Å².